The van der Waals surface area contributed by atoms with Crippen LogP contribution in [-0.2, 0) is 0 Å². The summed E-state index contributed by atoms with van der Waals surface area (Å²) in [6.07, 6.45) is 0. The minimum atomic E-state index is 0.696. The first-order valence-electron chi connectivity index (χ1n) is 21.4. The van der Waals surface area contributed by atoms with Gasteiger partial charge in [0.1, 0.15) is 0 Å². The highest BCUT2D eigenvalue weighted by molar-refractivity contribution is 6.23. The summed E-state index contributed by atoms with van der Waals surface area (Å²) < 4.78 is 7.28. The van der Waals surface area contributed by atoms with Crippen molar-refractivity contribution < 1.29 is 0 Å². The molecule has 63 heavy (non-hydrogen) atoms. The molecule has 4 aromatic heterocycles. The predicted molar refractivity (Wildman–Crippen MR) is 261 cm³/mol. The first kappa shape index (κ1) is 35.2. The molecule has 0 amide bonds. The molecule has 4 heterocycles. The van der Waals surface area contributed by atoms with E-state index < -0.39 is 0 Å². The lowest BCUT2D eigenvalue weighted by atomic mass is 10.1. The minimum Gasteiger partial charge on any atom is -0.309 e. The molecule has 5 heteroatoms. The van der Waals surface area contributed by atoms with Gasteiger partial charge in [0.2, 0.25) is 0 Å². The fourth-order valence-corrected chi connectivity index (χ4v) is 9.80. The molecule has 9 aromatic carbocycles. The van der Waals surface area contributed by atoms with Gasteiger partial charge in [-0.05, 0) is 78.9 Å². The third kappa shape index (κ3) is 5.57. The summed E-state index contributed by atoms with van der Waals surface area (Å²) in [5.41, 5.74) is 15.1. The van der Waals surface area contributed by atoms with E-state index in [2.05, 4.69) is 214 Å². The van der Waals surface area contributed by atoms with E-state index in [4.69, 9.17) is 9.97 Å². The van der Waals surface area contributed by atoms with Crippen LogP contribution in [0.4, 0.5) is 0 Å². The minimum absolute atomic E-state index is 0.696. The van der Waals surface area contributed by atoms with Crippen molar-refractivity contribution in [2.75, 3.05) is 0 Å². The predicted octanol–water partition coefficient (Wildman–Crippen LogP) is 14.8. The zero-order chi connectivity index (χ0) is 41.4. The highest BCUT2D eigenvalue weighted by Crippen LogP contribution is 2.43. The van der Waals surface area contributed by atoms with Crippen LogP contribution < -0.4 is 0 Å². The molecule has 0 aliphatic carbocycles. The molecule has 0 spiro atoms. The lowest BCUT2D eigenvalue weighted by molar-refractivity contribution is 1.15. The van der Waals surface area contributed by atoms with Crippen molar-refractivity contribution in [3.8, 4) is 51.0 Å². The van der Waals surface area contributed by atoms with Gasteiger partial charge < -0.3 is 13.7 Å². The Kier molecular flexibility index (Phi) is 7.84. The topological polar surface area (TPSA) is 40.6 Å². The van der Waals surface area contributed by atoms with Crippen molar-refractivity contribution in [2.24, 2.45) is 0 Å². The Morgan fingerprint density at radius 1 is 0.238 bits per heavy atom. The lowest BCUT2D eigenvalue weighted by Crippen LogP contribution is -1.98. The molecular formula is C58H37N5. The molecule has 5 nitrogen and oxygen atoms in total. The Balaban J connectivity index is 1.13. The van der Waals surface area contributed by atoms with Crippen LogP contribution in [0.3, 0.4) is 0 Å². The standard InChI is InChI=1S/C58H37N5/c1-5-18-38(19-6-1)50-35-51(60-58(59-50)39-20-7-2-8-21-39)40-22-17-27-43(32-40)63-56-36-54-46(44-28-13-15-30-52(44)61(54)41-23-9-3-10-24-41)33-48(56)49-34-47-45-29-14-16-31-53(45)62(55(47)37-57(49)63)42-25-11-4-12-26-42/h1-37H. The average Bonchev–Trinajstić information content (AvgIpc) is 3.98. The number of para-hydroxylation sites is 4. The first-order chi connectivity index (χ1) is 31.2. The van der Waals surface area contributed by atoms with Gasteiger partial charge in [-0.25, -0.2) is 9.97 Å². The number of benzene rings is 9. The Morgan fingerprint density at radius 3 is 1.14 bits per heavy atom. The number of aromatic nitrogens is 5. The highest BCUT2D eigenvalue weighted by atomic mass is 15.0. The zero-order valence-corrected chi connectivity index (χ0v) is 34.1. The molecular weight excluding hydrogens is 767 g/mol. The van der Waals surface area contributed by atoms with Crippen LogP contribution in [-0.4, -0.2) is 23.7 Å². The quantitative estimate of drug-likeness (QED) is 0.168. The summed E-state index contributed by atoms with van der Waals surface area (Å²) in [4.78, 5) is 10.3. The van der Waals surface area contributed by atoms with Crippen molar-refractivity contribution in [1.82, 2.24) is 23.7 Å². The maximum Gasteiger partial charge on any atom is 0.160 e. The van der Waals surface area contributed by atoms with Gasteiger partial charge in [-0.3, -0.25) is 0 Å². The van der Waals surface area contributed by atoms with Gasteiger partial charge in [-0.15, -0.1) is 0 Å². The molecule has 0 aliphatic rings. The maximum absolute atomic E-state index is 5.24. The Morgan fingerprint density at radius 2 is 0.619 bits per heavy atom. The molecule has 0 atom stereocenters. The summed E-state index contributed by atoms with van der Waals surface area (Å²) in [6.45, 7) is 0. The average molecular weight is 804 g/mol. The van der Waals surface area contributed by atoms with Crippen molar-refractivity contribution in [2.45, 2.75) is 0 Å². The van der Waals surface area contributed by atoms with Gasteiger partial charge in [0, 0.05) is 66.1 Å². The molecule has 294 valence electrons. The van der Waals surface area contributed by atoms with Crippen LogP contribution >= 0.6 is 0 Å². The van der Waals surface area contributed by atoms with E-state index in [1.54, 1.807) is 0 Å². The zero-order valence-electron chi connectivity index (χ0n) is 34.1. The second-order valence-electron chi connectivity index (χ2n) is 16.2. The summed E-state index contributed by atoms with van der Waals surface area (Å²) in [7, 11) is 0. The number of hydrogen-bond acceptors (Lipinski definition) is 2. The molecule has 13 rings (SSSR count). The largest absolute Gasteiger partial charge is 0.309 e. The van der Waals surface area contributed by atoms with E-state index in [-0.39, 0.29) is 0 Å². The van der Waals surface area contributed by atoms with Gasteiger partial charge in [0.15, 0.2) is 5.82 Å². The second-order valence-corrected chi connectivity index (χ2v) is 16.2. The van der Waals surface area contributed by atoms with E-state index in [0.29, 0.717) is 5.82 Å². The molecule has 0 N–H and O–H groups in total. The Labute approximate surface area is 363 Å². The van der Waals surface area contributed by atoms with Crippen LogP contribution in [0, 0.1) is 0 Å². The number of nitrogens with zero attached hydrogens (tertiary/aromatic N) is 5. The van der Waals surface area contributed by atoms with Gasteiger partial charge in [-0.1, -0.05) is 146 Å². The monoisotopic (exact) mass is 803 g/mol. The summed E-state index contributed by atoms with van der Waals surface area (Å²) in [6, 6.07) is 80.3. The Bertz CT molecular complexity index is 3650. The molecule has 0 unspecified atom stereocenters. The van der Waals surface area contributed by atoms with Crippen LogP contribution in [0.5, 0.6) is 0 Å². The third-order valence-electron chi connectivity index (χ3n) is 12.6. The Hall–Kier alpha value is -8.54. The van der Waals surface area contributed by atoms with E-state index in [1.807, 2.05) is 24.3 Å². The molecule has 0 aliphatic heterocycles. The van der Waals surface area contributed by atoms with Gasteiger partial charge >= 0.3 is 0 Å². The summed E-state index contributed by atoms with van der Waals surface area (Å²) >= 11 is 0. The number of hydrogen-bond donors (Lipinski definition) is 0. The first-order valence-corrected chi connectivity index (χ1v) is 21.4. The van der Waals surface area contributed by atoms with E-state index in [1.165, 1.54) is 43.4 Å². The molecule has 0 fully saturated rings. The second kappa shape index (κ2) is 14.0. The highest BCUT2D eigenvalue weighted by Gasteiger charge is 2.22. The van der Waals surface area contributed by atoms with E-state index in [9.17, 15) is 0 Å². The lowest BCUT2D eigenvalue weighted by Gasteiger charge is -2.13. The van der Waals surface area contributed by atoms with Crippen LogP contribution in [0.15, 0.2) is 224 Å². The van der Waals surface area contributed by atoms with Crippen molar-refractivity contribution in [3.63, 3.8) is 0 Å². The smallest absolute Gasteiger partial charge is 0.160 e. The van der Waals surface area contributed by atoms with Gasteiger partial charge in [0.05, 0.1) is 44.5 Å². The molecule has 0 radical (unpaired) electrons. The fourth-order valence-electron chi connectivity index (χ4n) is 9.80. The third-order valence-corrected chi connectivity index (χ3v) is 12.6. The summed E-state index contributed by atoms with van der Waals surface area (Å²) in [5.74, 6) is 0.696. The van der Waals surface area contributed by atoms with E-state index >= 15 is 0 Å². The van der Waals surface area contributed by atoms with Gasteiger partial charge in [-0.2, -0.15) is 0 Å². The number of fused-ring (bicyclic) bond motifs is 9. The maximum atomic E-state index is 5.24. The van der Waals surface area contributed by atoms with Crippen molar-refractivity contribution >= 4 is 65.4 Å². The normalized spacial score (nSPS) is 11.8. The molecule has 13 aromatic rings. The van der Waals surface area contributed by atoms with Crippen LogP contribution in [0.1, 0.15) is 0 Å². The number of rotatable bonds is 6. The van der Waals surface area contributed by atoms with Crippen molar-refractivity contribution in [3.05, 3.63) is 224 Å². The molecule has 0 saturated carbocycles. The van der Waals surface area contributed by atoms with Gasteiger partial charge in [0.25, 0.3) is 0 Å². The van der Waals surface area contributed by atoms with Crippen LogP contribution in [0.25, 0.3) is 116 Å². The summed E-state index contributed by atoms with van der Waals surface area (Å²) in [5, 5.41) is 7.33. The SMILES string of the molecule is c1ccc(-c2cc(-c3cccc(-n4c5cc6c(cc5c5cc7c8ccccc8n(-c8ccccc8)c7cc54)c4ccccc4n6-c4ccccc4)c3)nc(-c3ccccc3)n2)cc1. The fraction of sp³-hybridized carbons (Fsp3) is 0. The molecule has 0 saturated heterocycles. The van der Waals surface area contributed by atoms with Crippen molar-refractivity contribution in [1.29, 1.82) is 0 Å². The van der Waals surface area contributed by atoms with E-state index in [0.717, 1.165) is 67.2 Å². The van der Waals surface area contributed by atoms with Crippen LogP contribution in [0.2, 0.25) is 0 Å². The molecule has 0 bridgehead atoms.